The fourth-order valence-corrected chi connectivity index (χ4v) is 1.28. The maximum absolute atomic E-state index is 13.2. The van der Waals surface area contributed by atoms with Gasteiger partial charge in [-0.3, -0.25) is 0 Å². The second-order valence-electron chi connectivity index (χ2n) is 4.10. The topological polar surface area (TPSA) is 29.5 Å². The molecule has 0 bridgehead atoms. The Balaban J connectivity index is 2.52. The molecule has 0 spiro atoms. The molecular weight excluding hydrogens is 271 g/mol. The average Bonchev–Trinajstić information content (AvgIpc) is 2.32. The van der Waals surface area contributed by atoms with E-state index in [9.17, 15) is 27.1 Å². The smallest absolute Gasteiger partial charge is 0.330 e. The lowest BCUT2D eigenvalue weighted by Crippen LogP contribution is -2.33. The third kappa shape index (κ3) is 4.43. The van der Waals surface area contributed by atoms with Gasteiger partial charge in [0.1, 0.15) is 18.5 Å². The molecule has 0 heterocycles. The second kappa shape index (κ2) is 6.29. The molecule has 1 aromatic rings. The van der Waals surface area contributed by atoms with Gasteiger partial charge in [0.05, 0.1) is 6.61 Å². The van der Waals surface area contributed by atoms with Gasteiger partial charge in [0.25, 0.3) is 0 Å². The summed E-state index contributed by atoms with van der Waals surface area (Å²) >= 11 is 0. The van der Waals surface area contributed by atoms with Crippen LogP contribution in [0.4, 0.5) is 22.0 Å². The van der Waals surface area contributed by atoms with Crippen molar-refractivity contribution in [3.8, 4) is 0 Å². The minimum absolute atomic E-state index is 0.128. The highest BCUT2D eigenvalue weighted by Gasteiger charge is 2.41. The summed E-state index contributed by atoms with van der Waals surface area (Å²) in [4.78, 5) is 0. The monoisotopic (exact) mass is 284 g/mol. The molecule has 0 fully saturated rings. The van der Waals surface area contributed by atoms with Crippen LogP contribution in [0.1, 0.15) is 17.2 Å². The van der Waals surface area contributed by atoms with Gasteiger partial charge in [-0.25, -0.2) is 13.2 Å². The van der Waals surface area contributed by atoms with Crippen LogP contribution in [0.3, 0.4) is 0 Å². The maximum Gasteiger partial charge on any atom is 0.330 e. The van der Waals surface area contributed by atoms with E-state index in [-0.39, 0.29) is 5.56 Å². The minimum atomic E-state index is -4.27. The van der Waals surface area contributed by atoms with Gasteiger partial charge >= 0.3 is 12.3 Å². The van der Waals surface area contributed by atoms with Crippen LogP contribution in [-0.4, -0.2) is 30.7 Å². The normalized spacial score (nSPS) is 13.9. The van der Waals surface area contributed by atoms with E-state index < -0.39 is 37.5 Å². The molecule has 7 heteroatoms. The predicted octanol–water partition coefficient (Wildman–Crippen LogP) is 3.08. The molecule has 2 nitrogen and oxygen atoms in total. The lowest BCUT2D eigenvalue weighted by molar-refractivity contribution is -0.170. The van der Waals surface area contributed by atoms with Crippen molar-refractivity contribution in [3.63, 3.8) is 0 Å². The number of alkyl halides is 4. The number of rotatable bonds is 6. The van der Waals surface area contributed by atoms with Crippen LogP contribution in [0.5, 0.6) is 0 Å². The zero-order valence-electron chi connectivity index (χ0n) is 10.0. The van der Waals surface area contributed by atoms with Crippen molar-refractivity contribution < 1.29 is 31.8 Å². The molecule has 1 rings (SSSR count). The zero-order valence-corrected chi connectivity index (χ0v) is 10.0. The summed E-state index contributed by atoms with van der Waals surface area (Å²) in [6.45, 7) is -0.605. The summed E-state index contributed by atoms with van der Waals surface area (Å²) in [6.07, 6.45) is -5.19. The first-order valence-corrected chi connectivity index (χ1v) is 5.42. The van der Waals surface area contributed by atoms with Gasteiger partial charge in [-0.05, 0) is 24.1 Å². The Hall–Kier alpha value is -1.21. The van der Waals surface area contributed by atoms with E-state index in [1.807, 2.05) is 0 Å². The molecule has 0 aromatic heterocycles. The molecule has 19 heavy (non-hydrogen) atoms. The molecule has 1 unspecified atom stereocenters. The van der Waals surface area contributed by atoms with E-state index in [0.717, 1.165) is 6.07 Å². The van der Waals surface area contributed by atoms with Gasteiger partial charge in [-0.1, -0.05) is 12.1 Å². The third-order valence-electron chi connectivity index (χ3n) is 2.47. The highest BCUT2D eigenvalue weighted by Crippen LogP contribution is 2.24. The van der Waals surface area contributed by atoms with Gasteiger partial charge < -0.3 is 9.84 Å². The van der Waals surface area contributed by atoms with Gasteiger partial charge in [0.15, 0.2) is 0 Å². The summed E-state index contributed by atoms with van der Waals surface area (Å²) in [5.41, 5.74) is 0.490. The van der Waals surface area contributed by atoms with E-state index in [2.05, 4.69) is 4.74 Å². The molecule has 1 aromatic carbocycles. The van der Waals surface area contributed by atoms with Crippen molar-refractivity contribution in [1.29, 1.82) is 0 Å². The molecule has 0 aliphatic rings. The number of halogens is 5. The first kappa shape index (κ1) is 15.8. The van der Waals surface area contributed by atoms with Crippen LogP contribution in [-0.2, 0) is 4.74 Å². The predicted molar refractivity (Wildman–Crippen MR) is 57.9 cm³/mol. The first-order chi connectivity index (χ1) is 8.74. The summed E-state index contributed by atoms with van der Waals surface area (Å²) in [5.74, 6) is -4.83. The lowest BCUT2D eigenvalue weighted by Gasteiger charge is -2.17. The molecule has 0 aliphatic carbocycles. The Morgan fingerprint density at radius 1 is 1.32 bits per heavy atom. The van der Waals surface area contributed by atoms with Gasteiger partial charge in [0.2, 0.25) is 0 Å². The molecule has 1 N–H and O–H groups in total. The number of ether oxygens (including phenoxy) is 1. The standard InChI is InChI=1S/C12H13F5O2/c1-7-2-3-8(4-9(7)13)10(18)5-19-6-12(16,17)11(14)15/h2-4,10-11,18H,5-6H2,1H3. The molecule has 0 radical (unpaired) electrons. The van der Waals surface area contributed by atoms with E-state index in [0.29, 0.717) is 5.56 Å². The largest absolute Gasteiger partial charge is 0.386 e. The highest BCUT2D eigenvalue weighted by atomic mass is 19.3. The van der Waals surface area contributed by atoms with E-state index in [4.69, 9.17) is 0 Å². The fourth-order valence-electron chi connectivity index (χ4n) is 1.28. The SMILES string of the molecule is Cc1ccc(C(O)COCC(F)(F)C(F)F)cc1F. The van der Waals surface area contributed by atoms with E-state index in [1.165, 1.54) is 19.1 Å². The number of aliphatic hydroxyl groups excluding tert-OH is 1. The Morgan fingerprint density at radius 2 is 1.95 bits per heavy atom. The molecule has 0 aliphatic heterocycles. The van der Waals surface area contributed by atoms with Crippen LogP contribution in [0.25, 0.3) is 0 Å². The average molecular weight is 284 g/mol. The van der Waals surface area contributed by atoms with Crippen molar-refractivity contribution in [3.05, 3.63) is 35.1 Å². The molecule has 108 valence electrons. The number of aliphatic hydroxyl groups is 1. The van der Waals surface area contributed by atoms with Crippen LogP contribution >= 0.6 is 0 Å². The van der Waals surface area contributed by atoms with Crippen LogP contribution in [0.2, 0.25) is 0 Å². The van der Waals surface area contributed by atoms with E-state index >= 15 is 0 Å². The Morgan fingerprint density at radius 3 is 2.47 bits per heavy atom. The van der Waals surface area contributed by atoms with Crippen LogP contribution < -0.4 is 0 Å². The van der Waals surface area contributed by atoms with Crippen molar-refractivity contribution in [2.24, 2.45) is 0 Å². The minimum Gasteiger partial charge on any atom is -0.386 e. The molecule has 0 saturated carbocycles. The first-order valence-electron chi connectivity index (χ1n) is 5.42. The van der Waals surface area contributed by atoms with Crippen molar-refractivity contribution in [2.45, 2.75) is 25.4 Å². The molecular formula is C12H13F5O2. The summed E-state index contributed by atoms with van der Waals surface area (Å²) in [7, 11) is 0. The van der Waals surface area contributed by atoms with Gasteiger partial charge in [-0.2, -0.15) is 8.78 Å². The molecule has 0 saturated heterocycles. The second-order valence-corrected chi connectivity index (χ2v) is 4.10. The number of aryl methyl sites for hydroxylation is 1. The fraction of sp³-hybridized carbons (Fsp3) is 0.500. The Bertz CT molecular complexity index is 423. The van der Waals surface area contributed by atoms with Crippen molar-refractivity contribution >= 4 is 0 Å². The van der Waals surface area contributed by atoms with Crippen LogP contribution in [0.15, 0.2) is 18.2 Å². The summed E-state index contributed by atoms with van der Waals surface area (Å²) in [5, 5.41) is 9.55. The zero-order chi connectivity index (χ0) is 14.6. The maximum atomic E-state index is 13.2. The summed E-state index contributed by atoms with van der Waals surface area (Å²) in [6, 6.07) is 3.84. The number of hydrogen-bond acceptors (Lipinski definition) is 2. The Kier molecular flexibility index (Phi) is 5.25. The van der Waals surface area contributed by atoms with Crippen molar-refractivity contribution in [1.82, 2.24) is 0 Å². The number of hydrogen-bond donors (Lipinski definition) is 1. The van der Waals surface area contributed by atoms with Gasteiger partial charge in [-0.15, -0.1) is 0 Å². The molecule has 0 amide bonds. The highest BCUT2D eigenvalue weighted by molar-refractivity contribution is 5.24. The number of benzene rings is 1. The van der Waals surface area contributed by atoms with Crippen molar-refractivity contribution in [2.75, 3.05) is 13.2 Å². The third-order valence-corrected chi connectivity index (χ3v) is 2.47. The lowest BCUT2D eigenvalue weighted by atomic mass is 10.1. The quantitative estimate of drug-likeness (QED) is 0.813. The summed E-state index contributed by atoms with van der Waals surface area (Å²) < 4.78 is 66.2. The van der Waals surface area contributed by atoms with Gasteiger partial charge in [0, 0.05) is 0 Å². The molecule has 1 atom stereocenters. The van der Waals surface area contributed by atoms with Crippen LogP contribution in [0, 0.1) is 12.7 Å². The van der Waals surface area contributed by atoms with E-state index in [1.54, 1.807) is 0 Å². The Labute approximate surface area is 106 Å².